The van der Waals surface area contributed by atoms with Crippen molar-refractivity contribution in [1.82, 2.24) is 14.8 Å². The zero-order valence-corrected chi connectivity index (χ0v) is 14.1. The Kier molecular flexibility index (Phi) is 5.20. The van der Waals surface area contributed by atoms with Gasteiger partial charge >= 0.3 is 0 Å². The van der Waals surface area contributed by atoms with Crippen LogP contribution < -0.4 is 0 Å². The summed E-state index contributed by atoms with van der Waals surface area (Å²) in [6.45, 7) is 6.12. The molecule has 1 aromatic heterocycles. The van der Waals surface area contributed by atoms with Crippen LogP contribution in [0.2, 0.25) is 5.02 Å². The lowest BCUT2D eigenvalue weighted by atomic mass is 10.1. The fourth-order valence-corrected chi connectivity index (χ4v) is 3.31. The van der Waals surface area contributed by atoms with Gasteiger partial charge in [-0.25, -0.2) is 0 Å². The summed E-state index contributed by atoms with van der Waals surface area (Å²) in [6, 6.07) is 6.11. The van der Waals surface area contributed by atoms with E-state index in [0.717, 1.165) is 54.3 Å². The molecule has 0 saturated carbocycles. The highest BCUT2D eigenvalue weighted by atomic mass is 35.5. The summed E-state index contributed by atoms with van der Waals surface area (Å²) < 4.78 is 4.78. The zero-order valence-electron chi connectivity index (χ0n) is 13.3. The Labute approximate surface area is 141 Å². The lowest BCUT2D eigenvalue weighted by Crippen LogP contribution is -2.43. The molecule has 1 aliphatic heterocycles. The fourth-order valence-electron chi connectivity index (χ4n) is 3.06. The molecule has 0 bridgehead atoms. The van der Waals surface area contributed by atoms with E-state index >= 15 is 0 Å². The summed E-state index contributed by atoms with van der Waals surface area (Å²) >= 11 is 6.29. The van der Waals surface area contributed by atoms with Crippen molar-refractivity contribution in [3.05, 3.63) is 34.5 Å². The normalized spacial score (nSPS) is 16.8. The summed E-state index contributed by atoms with van der Waals surface area (Å²) in [7, 11) is 2.16. The molecule has 0 unspecified atom stereocenters. The molecular formula is C17H22ClN3O2. The monoisotopic (exact) mass is 335 g/mol. The van der Waals surface area contributed by atoms with E-state index in [1.165, 1.54) is 5.56 Å². The first-order chi connectivity index (χ1) is 11.2. The number of halogens is 1. The van der Waals surface area contributed by atoms with Crippen molar-refractivity contribution >= 4 is 29.0 Å². The molecule has 6 heteroatoms. The maximum atomic E-state index is 10.3. The van der Waals surface area contributed by atoms with Crippen molar-refractivity contribution in [2.24, 2.45) is 0 Å². The molecular weight excluding hydrogens is 314 g/mol. The lowest BCUT2D eigenvalue weighted by molar-refractivity contribution is -0.128. The first-order valence-electron chi connectivity index (χ1n) is 7.92. The van der Waals surface area contributed by atoms with Crippen LogP contribution in [0, 0.1) is 0 Å². The van der Waals surface area contributed by atoms with Crippen LogP contribution in [-0.2, 0) is 22.5 Å². The molecule has 5 nitrogen and oxygen atoms in total. The Morgan fingerprint density at radius 2 is 2.04 bits per heavy atom. The van der Waals surface area contributed by atoms with E-state index in [9.17, 15) is 4.79 Å². The van der Waals surface area contributed by atoms with E-state index in [4.69, 9.17) is 16.3 Å². The van der Waals surface area contributed by atoms with Crippen LogP contribution >= 0.6 is 11.6 Å². The number of H-pyrrole nitrogens is 1. The number of fused-ring (bicyclic) bond motifs is 1. The lowest BCUT2D eigenvalue weighted by Gasteiger charge is -2.32. The largest absolute Gasteiger partial charge is 0.467 e. The number of nitrogens with one attached hydrogen (secondary N) is 1. The van der Waals surface area contributed by atoms with Gasteiger partial charge in [0.2, 0.25) is 0 Å². The minimum absolute atomic E-state index is 0.387. The number of carbonyl (C=O) groups is 1. The average Bonchev–Trinajstić information content (AvgIpc) is 2.92. The van der Waals surface area contributed by atoms with Gasteiger partial charge in [-0.05, 0) is 30.8 Å². The van der Waals surface area contributed by atoms with Crippen molar-refractivity contribution in [3.8, 4) is 0 Å². The molecule has 0 radical (unpaired) electrons. The Morgan fingerprint density at radius 3 is 2.78 bits per heavy atom. The molecule has 2 heterocycles. The van der Waals surface area contributed by atoms with Gasteiger partial charge in [0, 0.05) is 55.2 Å². The van der Waals surface area contributed by atoms with Crippen LogP contribution in [0.3, 0.4) is 0 Å². The van der Waals surface area contributed by atoms with Crippen LogP contribution in [-0.4, -0.2) is 61.1 Å². The van der Waals surface area contributed by atoms with E-state index in [-0.39, 0.29) is 0 Å². The number of rotatable bonds is 6. The van der Waals surface area contributed by atoms with Gasteiger partial charge in [-0.2, -0.15) is 0 Å². The average molecular weight is 336 g/mol. The summed E-state index contributed by atoms with van der Waals surface area (Å²) in [5.74, 6) is 0. The third-order valence-electron chi connectivity index (χ3n) is 4.38. The third kappa shape index (κ3) is 4.05. The molecule has 3 rings (SSSR count). The molecule has 23 heavy (non-hydrogen) atoms. The first kappa shape index (κ1) is 16.3. The van der Waals surface area contributed by atoms with Crippen LogP contribution in [0.15, 0.2) is 18.2 Å². The predicted molar refractivity (Wildman–Crippen MR) is 91.8 cm³/mol. The molecule has 0 atom stereocenters. The first-order valence-corrected chi connectivity index (χ1v) is 8.29. The molecule has 1 aromatic carbocycles. The summed E-state index contributed by atoms with van der Waals surface area (Å²) in [6.07, 6.45) is 0.680. The number of hydrogen-bond acceptors (Lipinski definition) is 4. The number of aromatic amines is 1. The number of nitrogens with zero attached hydrogens (tertiary/aromatic N) is 2. The minimum Gasteiger partial charge on any atom is -0.467 e. The number of hydrogen-bond donors (Lipinski definition) is 1. The minimum atomic E-state index is 0.387. The Morgan fingerprint density at radius 1 is 1.26 bits per heavy atom. The maximum Gasteiger partial charge on any atom is 0.293 e. The van der Waals surface area contributed by atoms with E-state index in [2.05, 4.69) is 27.9 Å². The van der Waals surface area contributed by atoms with Gasteiger partial charge in [0.15, 0.2) is 0 Å². The molecule has 124 valence electrons. The van der Waals surface area contributed by atoms with Crippen molar-refractivity contribution in [3.63, 3.8) is 0 Å². The summed E-state index contributed by atoms with van der Waals surface area (Å²) in [4.78, 5) is 18.5. The van der Waals surface area contributed by atoms with Crippen LogP contribution in [0.25, 0.3) is 10.9 Å². The second kappa shape index (κ2) is 7.34. The number of likely N-dealkylation sites (N-methyl/N-ethyl adjacent to an activating group) is 1. The highest BCUT2D eigenvalue weighted by Gasteiger charge is 2.16. The number of carbonyl (C=O) groups excluding carboxylic acids is 1. The fraction of sp³-hybridized carbons (Fsp3) is 0.471. The maximum absolute atomic E-state index is 10.3. The Bertz CT molecular complexity index is 678. The number of benzene rings is 1. The highest BCUT2D eigenvalue weighted by molar-refractivity contribution is 6.31. The Hall–Kier alpha value is -1.56. The van der Waals surface area contributed by atoms with Gasteiger partial charge in [-0.3, -0.25) is 9.69 Å². The van der Waals surface area contributed by atoms with Gasteiger partial charge < -0.3 is 14.6 Å². The van der Waals surface area contributed by atoms with Crippen molar-refractivity contribution < 1.29 is 9.53 Å². The van der Waals surface area contributed by atoms with Crippen molar-refractivity contribution in [2.75, 3.05) is 39.8 Å². The second-order valence-corrected chi connectivity index (χ2v) is 6.56. The molecule has 1 N–H and O–H groups in total. The van der Waals surface area contributed by atoms with E-state index in [0.29, 0.717) is 19.5 Å². The molecule has 1 aliphatic rings. The highest BCUT2D eigenvalue weighted by Crippen LogP contribution is 2.26. The SMILES string of the molecule is CN1CCN(Cc2cc(Cl)cc3cc(CCOC=O)[nH]c23)CC1. The quantitative estimate of drug-likeness (QED) is 0.650. The number of piperazine rings is 1. The Balaban J connectivity index is 1.79. The smallest absolute Gasteiger partial charge is 0.293 e. The third-order valence-corrected chi connectivity index (χ3v) is 4.60. The standard InChI is InChI=1S/C17H22ClN3O2/c1-20-3-5-21(6-4-20)11-14-9-15(18)8-13-10-16(19-17(13)14)2-7-23-12-22/h8-10,12,19H,2-7,11H2,1H3. The van der Waals surface area contributed by atoms with Crippen molar-refractivity contribution in [1.29, 1.82) is 0 Å². The molecule has 0 spiro atoms. The van der Waals surface area contributed by atoms with Gasteiger partial charge in [-0.15, -0.1) is 0 Å². The van der Waals surface area contributed by atoms with Crippen LogP contribution in [0.1, 0.15) is 11.3 Å². The number of aromatic nitrogens is 1. The topological polar surface area (TPSA) is 48.6 Å². The van der Waals surface area contributed by atoms with Gasteiger partial charge in [0.1, 0.15) is 0 Å². The zero-order chi connectivity index (χ0) is 16.2. The van der Waals surface area contributed by atoms with Crippen LogP contribution in [0.4, 0.5) is 0 Å². The molecule has 2 aromatic rings. The summed E-state index contributed by atoms with van der Waals surface area (Å²) in [5.41, 5.74) is 3.41. The van der Waals surface area contributed by atoms with E-state index in [1.807, 2.05) is 12.1 Å². The van der Waals surface area contributed by atoms with E-state index in [1.54, 1.807) is 0 Å². The van der Waals surface area contributed by atoms with Gasteiger partial charge in [0.25, 0.3) is 6.47 Å². The molecule has 1 fully saturated rings. The summed E-state index contributed by atoms with van der Waals surface area (Å²) in [5, 5.41) is 1.87. The predicted octanol–water partition coefficient (Wildman–Crippen LogP) is 2.28. The second-order valence-electron chi connectivity index (χ2n) is 6.12. The molecule has 0 aliphatic carbocycles. The van der Waals surface area contributed by atoms with Crippen LogP contribution in [0.5, 0.6) is 0 Å². The van der Waals surface area contributed by atoms with E-state index < -0.39 is 0 Å². The van der Waals surface area contributed by atoms with Gasteiger partial charge in [-0.1, -0.05) is 11.6 Å². The van der Waals surface area contributed by atoms with Gasteiger partial charge in [0.05, 0.1) is 12.1 Å². The molecule has 1 saturated heterocycles. The number of ether oxygens (including phenoxy) is 1. The molecule has 0 amide bonds. The van der Waals surface area contributed by atoms with Crippen molar-refractivity contribution in [2.45, 2.75) is 13.0 Å².